The summed E-state index contributed by atoms with van der Waals surface area (Å²) in [5.74, 6) is -0.313. The molecule has 178 valence electrons. The minimum absolute atomic E-state index is 0.00750. The lowest BCUT2D eigenvalue weighted by Gasteiger charge is -2.40. The van der Waals surface area contributed by atoms with Crippen LogP contribution in [0.4, 0.5) is 5.69 Å². The van der Waals surface area contributed by atoms with Gasteiger partial charge in [0.15, 0.2) is 0 Å². The Morgan fingerprint density at radius 3 is 2.45 bits per heavy atom. The average molecular weight is 510 g/mol. The highest BCUT2D eigenvalue weighted by Gasteiger charge is 2.36. The molecule has 0 N–H and O–H groups in total. The Labute approximate surface area is 206 Å². The van der Waals surface area contributed by atoms with Crippen molar-refractivity contribution in [2.75, 3.05) is 44.2 Å². The van der Waals surface area contributed by atoms with Crippen molar-refractivity contribution in [1.29, 1.82) is 0 Å². The zero-order valence-electron chi connectivity index (χ0n) is 18.9. The monoisotopic (exact) mass is 509 g/mol. The zero-order valence-corrected chi connectivity index (χ0v) is 21.3. The third-order valence-electron chi connectivity index (χ3n) is 6.75. The van der Waals surface area contributed by atoms with Gasteiger partial charge in [-0.15, -0.1) is 0 Å². The quantitative estimate of drug-likeness (QED) is 0.614. The number of rotatable bonds is 4. The molecule has 2 aromatic carbocycles. The predicted octanol–water partition coefficient (Wildman–Crippen LogP) is 4.36. The number of sulfonamides is 1. The van der Waals surface area contributed by atoms with E-state index in [2.05, 4.69) is 36.9 Å². The minimum Gasteiger partial charge on any atom is -0.368 e. The maximum absolute atomic E-state index is 13.3. The fourth-order valence-electron chi connectivity index (χ4n) is 4.68. The largest absolute Gasteiger partial charge is 0.368 e. The van der Waals surface area contributed by atoms with Gasteiger partial charge in [0, 0.05) is 50.0 Å². The Balaban J connectivity index is 1.42. The Morgan fingerprint density at radius 1 is 1.00 bits per heavy atom. The minimum atomic E-state index is -3.83. The van der Waals surface area contributed by atoms with Crippen LogP contribution >= 0.6 is 23.2 Å². The van der Waals surface area contributed by atoms with Gasteiger partial charge in [-0.25, -0.2) is 8.42 Å². The molecule has 0 saturated carbocycles. The molecule has 0 unspecified atom stereocenters. The maximum Gasteiger partial charge on any atom is 0.244 e. The van der Waals surface area contributed by atoms with Crippen LogP contribution in [-0.2, 0) is 14.8 Å². The zero-order chi connectivity index (χ0) is 23.8. The first kappa shape index (κ1) is 24.3. The van der Waals surface area contributed by atoms with Gasteiger partial charge in [0.05, 0.1) is 10.9 Å². The molecule has 0 aliphatic carbocycles. The molecule has 0 aromatic heterocycles. The third kappa shape index (κ3) is 5.02. The Hall–Kier alpha value is -1.80. The molecule has 2 fully saturated rings. The van der Waals surface area contributed by atoms with Crippen molar-refractivity contribution in [2.24, 2.45) is 5.92 Å². The molecule has 2 saturated heterocycles. The summed E-state index contributed by atoms with van der Waals surface area (Å²) in [7, 11) is -3.83. The molecule has 1 atom stereocenters. The van der Waals surface area contributed by atoms with E-state index in [4.69, 9.17) is 23.2 Å². The van der Waals surface area contributed by atoms with E-state index < -0.39 is 10.0 Å². The summed E-state index contributed by atoms with van der Waals surface area (Å²) in [5, 5.41) is 0.444. The average Bonchev–Trinajstić information content (AvgIpc) is 2.82. The number of aryl methyl sites for hydroxylation is 1. The van der Waals surface area contributed by atoms with Crippen molar-refractivity contribution in [2.45, 2.75) is 31.6 Å². The molecule has 1 amide bonds. The molecule has 2 aliphatic heterocycles. The highest BCUT2D eigenvalue weighted by Crippen LogP contribution is 2.31. The number of hydrogen-bond acceptors (Lipinski definition) is 4. The normalized spacial score (nSPS) is 20.2. The summed E-state index contributed by atoms with van der Waals surface area (Å²) in [4.78, 5) is 17.5. The second-order valence-corrected chi connectivity index (χ2v) is 11.6. The van der Waals surface area contributed by atoms with Crippen LogP contribution in [0.25, 0.3) is 0 Å². The van der Waals surface area contributed by atoms with E-state index in [1.54, 1.807) is 6.07 Å². The van der Waals surface area contributed by atoms with Gasteiger partial charge in [0.1, 0.15) is 4.90 Å². The number of anilines is 1. The van der Waals surface area contributed by atoms with Gasteiger partial charge in [-0.05, 0) is 62.1 Å². The molecule has 33 heavy (non-hydrogen) atoms. The molecule has 2 aliphatic rings. The highest BCUT2D eigenvalue weighted by molar-refractivity contribution is 7.89. The van der Waals surface area contributed by atoms with E-state index >= 15 is 0 Å². The number of carbonyl (C=O) groups is 1. The number of halogens is 2. The number of piperazine rings is 1. The van der Waals surface area contributed by atoms with Crippen molar-refractivity contribution in [3.8, 4) is 0 Å². The van der Waals surface area contributed by atoms with E-state index in [0.29, 0.717) is 37.5 Å². The fourth-order valence-corrected chi connectivity index (χ4v) is 6.94. The van der Waals surface area contributed by atoms with E-state index in [-0.39, 0.29) is 28.3 Å². The molecule has 2 aromatic rings. The molecule has 9 heteroatoms. The fraction of sp³-hybridized carbons (Fsp3) is 0.458. The first-order valence-corrected chi connectivity index (χ1v) is 13.4. The van der Waals surface area contributed by atoms with E-state index in [9.17, 15) is 13.2 Å². The molecule has 0 radical (unpaired) electrons. The summed E-state index contributed by atoms with van der Waals surface area (Å²) in [6.45, 7) is 7.58. The van der Waals surface area contributed by atoms with Crippen LogP contribution in [0.5, 0.6) is 0 Å². The molecule has 0 spiro atoms. The summed E-state index contributed by atoms with van der Waals surface area (Å²) in [6.07, 6.45) is 1.32. The summed E-state index contributed by atoms with van der Waals surface area (Å²) >= 11 is 12.2. The van der Waals surface area contributed by atoms with Crippen LogP contribution in [0.15, 0.2) is 41.3 Å². The SMILES string of the molecule is Cc1cccc(N2CCN(C(=O)[C@H]3CCCN(S(=O)(=O)c4cc(Cl)ccc4Cl)C3)CC2)c1C. The number of benzene rings is 2. The smallest absolute Gasteiger partial charge is 0.244 e. The van der Waals surface area contributed by atoms with Crippen molar-refractivity contribution >= 4 is 44.8 Å². The second-order valence-electron chi connectivity index (χ2n) is 8.81. The highest BCUT2D eigenvalue weighted by atomic mass is 35.5. The molecule has 0 bridgehead atoms. The van der Waals surface area contributed by atoms with Crippen LogP contribution < -0.4 is 4.90 Å². The number of nitrogens with zero attached hydrogens (tertiary/aromatic N) is 3. The Kier molecular flexibility index (Phi) is 7.24. The molecule has 6 nitrogen and oxygen atoms in total. The second kappa shape index (κ2) is 9.82. The van der Waals surface area contributed by atoms with Crippen LogP contribution in [0.1, 0.15) is 24.0 Å². The number of piperidine rings is 1. The lowest BCUT2D eigenvalue weighted by Crippen LogP contribution is -2.53. The van der Waals surface area contributed by atoms with Gasteiger partial charge in [-0.3, -0.25) is 4.79 Å². The van der Waals surface area contributed by atoms with Crippen molar-refractivity contribution in [3.63, 3.8) is 0 Å². The van der Waals surface area contributed by atoms with Gasteiger partial charge in [0.2, 0.25) is 15.9 Å². The van der Waals surface area contributed by atoms with E-state index in [1.807, 2.05) is 4.90 Å². The summed E-state index contributed by atoms with van der Waals surface area (Å²) < 4.78 is 27.8. The predicted molar refractivity (Wildman–Crippen MR) is 133 cm³/mol. The Morgan fingerprint density at radius 2 is 1.73 bits per heavy atom. The van der Waals surface area contributed by atoms with Gasteiger partial charge in [-0.2, -0.15) is 4.31 Å². The molecule has 4 rings (SSSR count). The molecule has 2 heterocycles. The van der Waals surface area contributed by atoms with Crippen molar-refractivity contribution < 1.29 is 13.2 Å². The topological polar surface area (TPSA) is 60.9 Å². The maximum atomic E-state index is 13.3. The third-order valence-corrected chi connectivity index (χ3v) is 9.33. The van der Waals surface area contributed by atoms with Gasteiger partial charge >= 0.3 is 0 Å². The van der Waals surface area contributed by atoms with Crippen molar-refractivity contribution in [3.05, 3.63) is 57.6 Å². The Bertz CT molecular complexity index is 1150. The van der Waals surface area contributed by atoms with Crippen LogP contribution in [0.2, 0.25) is 10.0 Å². The lowest BCUT2D eigenvalue weighted by molar-refractivity contribution is -0.137. The lowest BCUT2D eigenvalue weighted by atomic mass is 9.97. The van der Waals surface area contributed by atoms with Gasteiger partial charge < -0.3 is 9.80 Å². The van der Waals surface area contributed by atoms with Gasteiger partial charge in [-0.1, -0.05) is 35.3 Å². The standard InChI is InChI=1S/C24H29Cl2N3O3S/c1-17-5-3-7-22(18(17)2)27-11-13-28(14-12-27)24(30)19-6-4-10-29(16-19)33(31,32)23-15-20(25)8-9-21(23)26/h3,5,7-9,15,19H,4,6,10-14,16H2,1-2H3/t19-/m0/s1. The molecular formula is C24H29Cl2N3O3S. The summed E-state index contributed by atoms with van der Waals surface area (Å²) in [6, 6.07) is 10.7. The van der Waals surface area contributed by atoms with E-state index in [1.165, 1.54) is 33.3 Å². The van der Waals surface area contributed by atoms with Crippen LogP contribution in [-0.4, -0.2) is 62.8 Å². The van der Waals surface area contributed by atoms with Gasteiger partial charge in [0.25, 0.3) is 0 Å². The number of hydrogen-bond donors (Lipinski definition) is 0. The first-order chi connectivity index (χ1) is 15.7. The van der Waals surface area contributed by atoms with Crippen LogP contribution in [0, 0.1) is 19.8 Å². The number of carbonyl (C=O) groups excluding carboxylic acids is 1. The van der Waals surface area contributed by atoms with Crippen molar-refractivity contribution in [1.82, 2.24) is 9.21 Å². The number of amides is 1. The van der Waals surface area contributed by atoms with Crippen LogP contribution in [0.3, 0.4) is 0 Å². The first-order valence-electron chi connectivity index (χ1n) is 11.2. The summed E-state index contributed by atoms with van der Waals surface area (Å²) in [5.41, 5.74) is 3.75. The van der Waals surface area contributed by atoms with E-state index in [0.717, 1.165) is 13.1 Å². The molecular weight excluding hydrogens is 481 g/mol.